The highest BCUT2D eigenvalue weighted by Crippen LogP contribution is 2.33. The summed E-state index contributed by atoms with van der Waals surface area (Å²) in [5.41, 5.74) is 1.31. The highest BCUT2D eigenvalue weighted by atomic mass is 16.2. The summed E-state index contributed by atoms with van der Waals surface area (Å²) in [7, 11) is 0. The molecule has 0 spiro atoms. The van der Waals surface area contributed by atoms with Crippen LogP contribution in [-0.2, 0) is 6.42 Å². The summed E-state index contributed by atoms with van der Waals surface area (Å²) in [6.45, 7) is 0. The molecule has 2 aliphatic rings. The normalized spacial score (nSPS) is 22.2. The highest BCUT2D eigenvalue weighted by Gasteiger charge is 2.32. The maximum absolute atomic E-state index is 12.5. The number of hydrogen-bond donors (Lipinski definition) is 0. The summed E-state index contributed by atoms with van der Waals surface area (Å²) in [6, 6.07) is 10.8. The van der Waals surface area contributed by atoms with Crippen LogP contribution in [0, 0.1) is 0 Å². The van der Waals surface area contributed by atoms with Crippen LogP contribution in [0.25, 0.3) is 0 Å². The van der Waals surface area contributed by atoms with Gasteiger partial charge in [-0.15, -0.1) is 0 Å². The third-order valence-corrected chi connectivity index (χ3v) is 4.46. The zero-order valence-corrected chi connectivity index (χ0v) is 10.8. The summed E-state index contributed by atoms with van der Waals surface area (Å²) >= 11 is 0. The van der Waals surface area contributed by atoms with Crippen LogP contribution in [0.1, 0.15) is 49.2 Å². The van der Waals surface area contributed by atoms with Crippen molar-refractivity contribution in [3.8, 4) is 0 Å². The van der Waals surface area contributed by atoms with Crippen LogP contribution < -0.4 is 5.69 Å². The SMILES string of the molecule is O=c1n(C2CCC2)nc2n1C(c1ccccc1)CC2. The summed E-state index contributed by atoms with van der Waals surface area (Å²) in [5, 5.41) is 4.56. The molecule has 1 unspecified atom stereocenters. The van der Waals surface area contributed by atoms with E-state index in [1.807, 2.05) is 22.8 Å². The fraction of sp³-hybridized carbons (Fsp3) is 0.467. The second-order valence-electron chi connectivity index (χ2n) is 5.56. The first-order valence-electron chi connectivity index (χ1n) is 7.09. The summed E-state index contributed by atoms with van der Waals surface area (Å²) < 4.78 is 3.64. The number of aromatic nitrogens is 3. The van der Waals surface area contributed by atoms with Gasteiger partial charge in [-0.25, -0.2) is 9.48 Å². The number of fused-ring (bicyclic) bond motifs is 1. The van der Waals surface area contributed by atoms with Crippen molar-refractivity contribution in [1.29, 1.82) is 0 Å². The Bertz CT molecular complexity index is 652. The molecule has 4 nitrogen and oxygen atoms in total. The molecular formula is C15H17N3O. The van der Waals surface area contributed by atoms with Gasteiger partial charge >= 0.3 is 5.69 Å². The lowest BCUT2D eigenvalue weighted by Crippen LogP contribution is -2.32. The molecular weight excluding hydrogens is 238 g/mol. The Morgan fingerprint density at radius 2 is 1.89 bits per heavy atom. The van der Waals surface area contributed by atoms with Crippen molar-refractivity contribution in [3.63, 3.8) is 0 Å². The van der Waals surface area contributed by atoms with Crippen LogP contribution >= 0.6 is 0 Å². The third kappa shape index (κ3) is 1.59. The largest absolute Gasteiger partial charge is 0.346 e. The lowest BCUT2D eigenvalue weighted by atomic mass is 9.93. The van der Waals surface area contributed by atoms with Crippen LogP contribution in [0.5, 0.6) is 0 Å². The Hall–Kier alpha value is -1.84. The van der Waals surface area contributed by atoms with E-state index in [0.717, 1.165) is 31.5 Å². The molecule has 0 saturated heterocycles. The van der Waals surface area contributed by atoms with Crippen molar-refractivity contribution in [3.05, 3.63) is 52.2 Å². The van der Waals surface area contributed by atoms with E-state index in [0.29, 0.717) is 6.04 Å². The predicted molar refractivity (Wildman–Crippen MR) is 72.3 cm³/mol. The molecule has 2 aromatic rings. The average Bonchev–Trinajstić information content (AvgIpc) is 2.91. The van der Waals surface area contributed by atoms with E-state index in [1.165, 1.54) is 12.0 Å². The highest BCUT2D eigenvalue weighted by molar-refractivity contribution is 5.22. The molecule has 2 heterocycles. The lowest BCUT2D eigenvalue weighted by molar-refractivity contribution is 0.277. The Balaban J connectivity index is 1.78. The molecule has 0 radical (unpaired) electrons. The molecule has 1 aromatic carbocycles. The van der Waals surface area contributed by atoms with Crippen molar-refractivity contribution in [2.24, 2.45) is 0 Å². The minimum atomic E-state index is 0.0889. The van der Waals surface area contributed by atoms with Gasteiger partial charge in [-0.2, -0.15) is 5.10 Å². The van der Waals surface area contributed by atoms with E-state index in [2.05, 4.69) is 17.2 Å². The number of benzene rings is 1. The zero-order valence-electron chi connectivity index (χ0n) is 10.8. The van der Waals surface area contributed by atoms with Gasteiger partial charge in [-0.1, -0.05) is 30.3 Å². The topological polar surface area (TPSA) is 39.8 Å². The van der Waals surface area contributed by atoms with E-state index in [9.17, 15) is 4.79 Å². The van der Waals surface area contributed by atoms with Crippen LogP contribution in [-0.4, -0.2) is 14.3 Å². The molecule has 1 fully saturated rings. The second kappa shape index (κ2) is 4.08. The molecule has 1 aliphatic heterocycles. The van der Waals surface area contributed by atoms with Gasteiger partial charge in [0.15, 0.2) is 0 Å². The standard InChI is InChI=1S/C15H17N3O/c19-15-17-13(11-5-2-1-3-6-11)9-10-14(17)16-18(15)12-7-4-8-12/h1-3,5-6,12-13H,4,7-10H2. The molecule has 98 valence electrons. The molecule has 0 bridgehead atoms. The van der Waals surface area contributed by atoms with Gasteiger partial charge in [-0.05, 0) is 31.2 Å². The van der Waals surface area contributed by atoms with E-state index >= 15 is 0 Å². The molecule has 4 rings (SSSR count). The number of rotatable bonds is 2. The maximum atomic E-state index is 12.5. The first-order chi connectivity index (χ1) is 9.34. The molecule has 19 heavy (non-hydrogen) atoms. The van der Waals surface area contributed by atoms with E-state index in [-0.39, 0.29) is 11.7 Å². The third-order valence-electron chi connectivity index (χ3n) is 4.46. The van der Waals surface area contributed by atoms with Crippen molar-refractivity contribution in [1.82, 2.24) is 14.3 Å². The Labute approximate surface area is 111 Å². The molecule has 1 aromatic heterocycles. The van der Waals surface area contributed by atoms with Gasteiger partial charge in [-0.3, -0.25) is 4.57 Å². The van der Waals surface area contributed by atoms with E-state index in [4.69, 9.17) is 0 Å². The molecule has 1 aliphatic carbocycles. The first-order valence-corrected chi connectivity index (χ1v) is 7.09. The van der Waals surface area contributed by atoms with Gasteiger partial charge in [0, 0.05) is 6.42 Å². The van der Waals surface area contributed by atoms with Gasteiger partial charge in [0.05, 0.1) is 12.1 Å². The van der Waals surface area contributed by atoms with Gasteiger partial charge in [0.1, 0.15) is 5.82 Å². The smallest absolute Gasteiger partial charge is 0.271 e. The fourth-order valence-corrected chi connectivity index (χ4v) is 3.17. The monoisotopic (exact) mass is 255 g/mol. The van der Waals surface area contributed by atoms with E-state index < -0.39 is 0 Å². The summed E-state index contributed by atoms with van der Waals surface area (Å²) in [6.07, 6.45) is 5.34. The van der Waals surface area contributed by atoms with Crippen LogP contribution in [0.4, 0.5) is 0 Å². The van der Waals surface area contributed by atoms with Crippen LogP contribution in [0.3, 0.4) is 0 Å². The van der Waals surface area contributed by atoms with E-state index in [1.54, 1.807) is 4.68 Å². The number of hydrogen-bond acceptors (Lipinski definition) is 2. The quantitative estimate of drug-likeness (QED) is 0.826. The minimum absolute atomic E-state index is 0.0889. The molecule has 0 N–H and O–H groups in total. The molecule has 1 atom stereocenters. The van der Waals surface area contributed by atoms with Gasteiger partial charge in [0.25, 0.3) is 0 Å². The Morgan fingerprint density at radius 1 is 1.11 bits per heavy atom. The summed E-state index contributed by atoms with van der Waals surface area (Å²) in [5.74, 6) is 0.964. The fourth-order valence-electron chi connectivity index (χ4n) is 3.17. The van der Waals surface area contributed by atoms with Gasteiger partial charge < -0.3 is 0 Å². The van der Waals surface area contributed by atoms with Gasteiger partial charge in [0.2, 0.25) is 0 Å². The molecule has 1 saturated carbocycles. The minimum Gasteiger partial charge on any atom is -0.271 e. The lowest BCUT2D eigenvalue weighted by Gasteiger charge is -2.24. The van der Waals surface area contributed by atoms with Crippen molar-refractivity contribution in [2.45, 2.75) is 44.2 Å². The van der Waals surface area contributed by atoms with Crippen molar-refractivity contribution in [2.75, 3.05) is 0 Å². The second-order valence-corrected chi connectivity index (χ2v) is 5.56. The van der Waals surface area contributed by atoms with Crippen molar-refractivity contribution < 1.29 is 0 Å². The predicted octanol–water partition coefficient (Wildman–Crippen LogP) is 2.31. The average molecular weight is 255 g/mol. The Kier molecular flexibility index (Phi) is 2.37. The number of nitrogens with zero attached hydrogens (tertiary/aromatic N) is 3. The molecule has 4 heteroatoms. The first kappa shape index (κ1) is 11.0. The maximum Gasteiger partial charge on any atom is 0.346 e. The van der Waals surface area contributed by atoms with Crippen molar-refractivity contribution >= 4 is 0 Å². The Morgan fingerprint density at radius 3 is 2.58 bits per heavy atom. The summed E-state index contributed by atoms with van der Waals surface area (Å²) in [4.78, 5) is 12.5. The zero-order chi connectivity index (χ0) is 12.8. The molecule has 0 amide bonds. The number of aryl methyl sites for hydroxylation is 1. The van der Waals surface area contributed by atoms with Crippen LogP contribution in [0.15, 0.2) is 35.1 Å². The van der Waals surface area contributed by atoms with Crippen LogP contribution in [0.2, 0.25) is 0 Å².